The summed E-state index contributed by atoms with van der Waals surface area (Å²) in [5, 5.41) is 0.532. The van der Waals surface area contributed by atoms with E-state index in [1.165, 1.54) is 5.56 Å². The van der Waals surface area contributed by atoms with E-state index in [2.05, 4.69) is 40.9 Å². The van der Waals surface area contributed by atoms with E-state index in [1.54, 1.807) is 36.3 Å². The molecular formula is C26H28N4O3. The summed E-state index contributed by atoms with van der Waals surface area (Å²) < 4.78 is 5.86. The number of fused-ring (bicyclic) bond motifs is 1. The Kier molecular flexibility index (Phi) is 6.68. The number of hydrogen-bond acceptors (Lipinski definition) is 5. The summed E-state index contributed by atoms with van der Waals surface area (Å²) >= 11 is 0. The number of amides is 1. The normalized spacial score (nSPS) is 11.3. The van der Waals surface area contributed by atoms with Gasteiger partial charge in [0.05, 0.1) is 23.6 Å². The molecule has 0 atom stereocenters. The van der Waals surface area contributed by atoms with Crippen LogP contribution in [-0.4, -0.2) is 32.8 Å². The molecule has 0 unspecified atom stereocenters. The maximum absolute atomic E-state index is 12.6. The van der Waals surface area contributed by atoms with Gasteiger partial charge in [0.1, 0.15) is 5.82 Å². The second-order valence-electron chi connectivity index (χ2n) is 8.69. The van der Waals surface area contributed by atoms with Gasteiger partial charge in [0, 0.05) is 25.5 Å². The number of nitrogens with one attached hydrogen (secondary N) is 1. The number of hydrogen-bond donors (Lipinski definition) is 1. The fourth-order valence-electron chi connectivity index (χ4n) is 3.76. The quantitative estimate of drug-likeness (QED) is 0.436. The van der Waals surface area contributed by atoms with Crippen molar-refractivity contribution in [3.63, 3.8) is 0 Å². The molecule has 0 aliphatic carbocycles. The van der Waals surface area contributed by atoms with Gasteiger partial charge in [0.2, 0.25) is 5.91 Å². The molecule has 0 radical (unpaired) electrons. The van der Waals surface area contributed by atoms with Gasteiger partial charge in [-0.25, -0.2) is 9.97 Å². The Balaban J connectivity index is 1.34. The first-order chi connectivity index (χ1) is 15.9. The molecular weight excluding hydrogens is 416 g/mol. The second kappa shape index (κ2) is 9.81. The lowest BCUT2D eigenvalue weighted by atomic mass is 10.0. The molecule has 2 heterocycles. The SMILES string of the molecule is CC(C)Cc1ccc(-c2cnc(CCC(=O)N(C)Cc3nc4ccccc4c(=O)[nH]3)o2)cc1. The molecule has 1 amide bonds. The van der Waals surface area contributed by atoms with Crippen LogP contribution in [0.1, 0.15) is 37.5 Å². The van der Waals surface area contributed by atoms with Crippen molar-refractivity contribution >= 4 is 16.8 Å². The van der Waals surface area contributed by atoms with E-state index in [0.29, 0.717) is 40.7 Å². The van der Waals surface area contributed by atoms with Gasteiger partial charge in [-0.05, 0) is 30.0 Å². The van der Waals surface area contributed by atoms with Crippen molar-refractivity contribution in [1.29, 1.82) is 0 Å². The minimum Gasteiger partial charge on any atom is -0.441 e. The molecule has 4 aromatic rings. The number of aromatic amines is 1. The zero-order chi connectivity index (χ0) is 23.4. The zero-order valence-electron chi connectivity index (χ0n) is 19.2. The number of para-hydroxylation sites is 1. The van der Waals surface area contributed by atoms with Crippen molar-refractivity contribution in [2.75, 3.05) is 7.05 Å². The number of aromatic nitrogens is 3. The fraction of sp³-hybridized carbons (Fsp3) is 0.308. The van der Waals surface area contributed by atoms with Crippen molar-refractivity contribution in [2.45, 2.75) is 39.7 Å². The van der Waals surface area contributed by atoms with Crippen molar-refractivity contribution in [1.82, 2.24) is 19.9 Å². The predicted octanol–water partition coefficient (Wildman–Crippen LogP) is 4.37. The molecule has 33 heavy (non-hydrogen) atoms. The topological polar surface area (TPSA) is 92.1 Å². The maximum atomic E-state index is 12.6. The number of carbonyl (C=O) groups is 1. The largest absolute Gasteiger partial charge is 0.441 e. The van der Waals surface area contributed by atoms with E-state index in [4.69, 9.17) is 4.42 Å². The third-order valence-corrected chi connectivity index (χ3v) is 5.46. The molecule has 0 fully saturated rings. The Morgan fingerprint density at radius 2 is 1.88 bits per heavy atom. The van der Waals surface area contributed by atoms with Gasteiger partial charge in [-0.2, -0.15) is 0 Å². The van der Waals surface area contributed by atoms with Gasteiger partial charge in [0.15, 0.2) is 11.7 Å². The molecule has 7 heteroatoms. The first-order valence-electron chi connectivity index (χ1n) is 11.1. The van der Waals surface area contributed by atoms with E-state index in [1.807, 2.05) is 18.2 Å². The van der Waals surface area contributed by atoms with Gasteiger partial charge in [-0.1, -0.05) is 50.2 Å². The minimum atomic E-state index is -0.207. The monoisotopic (exact) mass is 444 g/mol. The molecule has 4 rings (SSSR count). The van der Waals surface area contributed by atoms with Crippen LogP contribution in [0.25, 0.3) is 22.2 Å². The average molecular weight is 445 g/mol. The summed E-state index contributed by atoms with van der Waals surface area (Å²) in [5.74, 6) is 2.20. The van der Waals surface area contributed by atoms with Crippen LogP contribution < -0.4 is 5.56 Å². The van der Waals surface area contributed by atoms with E-state index in [9.17, 15) is 9.59 Å². The smallest absolute Gasteiger partial charge is 0.258 e. The number of carbonyl (C=O) groups excluding carboxylic acids is 1. The van der Waals surface area contributed by atoms with E-state index in [-0.39, 0.29) is 24.4 Å². The van der Waals surface area contributed by atoms with E-state index < -0.39 is 0 Å². The standard InChI is InChI=1S/C26H28N4O3/c1-17(2)14-18-8-10-19(11-9-18)22-15-27-24(33-22)12-13-25(31)30(3)16-23-28-21-7-5-4-6-20(21)26(32)29-23/h4-11,15,17H,12-14,16H2,1-3H3,(H,28,29,32). The van der Waals surface area contributed by atoms with Gasteiger partial charge in [0.25, 0.3) is 5.56 Å². The Morgan fingerprint density at radius 3 is 2.64 bits per heavy atom. The first-order valence-corrected chi connectivity index (χ1v) is 11.1. The second-order valence-corrected chi connectivity index (χ2v) is 8.69. The Labute approximate surface area is 192 Å². The van der Waals surface area contributed by atoms with Crippen LogP contribution in [-0.2, 0) is 24.2 Å². The third-order valence-electron chi connectivity index (χ3n) is 5.46. The fourth-order valence-corrected chi connectivity index (χ4v) is 3.76. The predicted molar refractivity (Wildman–Crippen MR) is 128 cm³/mol. The highest BCUT2D eigenvalue weighted by Gasteiger charge is 2.14. The van der Waals surface area contributed by atoms with Crippen molar-refractivity contribution in [3.05, 3.63) is 82.4 Å². The molecule has 0 bridgehead atoms. The minimum absolute atomic E-state index is 0.0800. The highest BCUT2D eigenvalue weighted by molar-refractivity contribution is 5.77. The molecule has 2 aromatic heterocycles. The van der Waals surface area contributed by atoms with Crippen molar-refractivity contribution < 1.29 is 9.21 Å². The Morgan fingerprint density at radius 1 is 1.12 bits per heavy atom. The maximum Gasteiger partial charge on any atom is 0.258 e. The highest BCUT2D eigenvalue weighted by atomic mass is 16.4. The van der Waals surface area contributed by atoms with Crippen molar-refractivity contribution in [3.8, 4) is 11.3 Å². The molecule has 7 nitrogen and oxygen atoms in total. The highest BCUT2D eigenvalue weighted by Crippen LogP contribution is 2.22. The van der Waals surface area contributed by atoms with Crippen LogP contribution in [0.15, 0.2) is 63.9 Å². The molecule has 0 saturated heterocycles. The number of benzene rings is 2. The molecule has 0 aliphatic rings. The number of nitrogens with zero attached hydrogens (tertiary/aromatic N) is 3. The van der Waals surface area contributed by atoms with Crippen LogP contribution in [0.3, 0.4) is 0 Å². The summed E-state index contributed by atoms with van der Waals surface area (Å²) in [6.07, 6.45) is 3.39. The molecule has 0 saturated carbocycles. The lowest BCUT2D eigenvalue weighted by Crippen LogP contribution is -2.28. The molecule has 0 spiro atoms. The summed E-state index contributed by atoms with van der Waals surface area (Å²) in [4.78, 5) is 37.9. The van der Waals surface area contributed by atoms with E-state index >= 15 is 0 Å². The molecule has 170 valence electrons. The zero-order valence-corrected chi connectivity index (χ0v) is 19.2. The summed E-state index contributed by atoms with van der Waals surface area (Å²) in [7, 11) is 1.69. The third kappa shape index (κ3) is 5.55. The van der Waals surface area contributed by atoms with Gasteiger partial charge in [-0.15, -0.1) is 0 Å². The number of aryl methyl sites for hydroxylation is 1. The number of rotatable bonds is 8. The summed E-state index contributed by atoms with van der Waals surface area (Å²) in [6, 6.07) is 15.4. The van der Waals surface area contributed by atoms with Gasteiger partial charge < -0.3 is 14.3 Å². The number of oxazole rings is 1. The lowest BCUT2D eigenvalue weighted by Gasteiger charge is -2.16. The first kappa shape index (κ1) is 22.5. The summed E-state index contributed by atoms with van der Waals surface area (Å²) in [6.45, 7) is 4.62. The lowest BCUT2D eigenvalue weighted by molar-refractivity contribution is -0.130. The summed E-state index contributed by atoms with van der Waals surface area (Å²) in [5.41, 5.74) is 2.67. The molecule has 2 aromatic carbocycles. The van der Waals surface area contributed by atoms with Gasteiger partial charge in [-0.3, -0.25) is 9.59 Å². The molecule has 0 aliphatic heterocycles. The van der Waals surface area contributed by atoms with Crippen LogP contribution in [0.2, 0.25) is 0 Å². The van der Waals surface area contributed by atoms with E-state index in [0.717, 1.165) is 12.0 Å². The Bertz CT molecular complexity index is 1310. The molecule has 1 N–H and O–H groups in total. The van der Waals surface area contributed by atoms with Crippen molar-refractivity contribution in [2.24, 2.45) is 5.92 Å². The van der Waals surface area contributed by atoms with Gasteiger partial charge >= 0.3 is 0 Å². The van der Waals surface area contributed by atoms with Crippen LogP contribution in [0, 0.1) is 5.92 Å². The van der Waals surface area contributed by atoms with Crippen LogP contribution in [0.5, 0.6) is 0 Å². The average Bonchev–Trinajstić information content (AvgIpc) is 3.26. The number of H-pyrrole nitrogens is 1. The van der Waals surface area contributed by atoms with Crippen LogP contribution >= 0.6 is 0 Å². The Hall–Kier alpha value is -3.74. The van der Waals surface area contributed by atoms with Crippen LogP contribution in [0.4, 0.5) is 0 Å².